The van der Waals surface area contributed by atoms with Gasteiger partial charge in [0.25, 0.3) is 5.91 Å². The second-order valence-corrected chi connectivity index (χ2v) is 4.10. The maximum absolute atomic E-state index is 12.3. The van der Waals surface area contributed by atoms with Crippen LogP contribution >= 0.6 is 0 Å². The minimum Gasteiger partial charge on any atom is -0.386 e. The Morgan fingerprint density at radius 1 is 1.65 bits per heavy atom. The van der Waals surface area contributed by atoms with Crippen LogP contribution < -0.4 is 5.32 Å². The third-order valence-electron chi connectivity index (χ3n) is 2.85. The number of anilines is 1. The number of hydrogen-bond acceptors (Lipinski definition) is 4. The smallest absolute Gasteiger partial charge is 0.256 e. The Hall–Kier alpha value is -1.62. The molecule has 1 aromatic heterocycles. The Morgan fingerprint density at radius 2 is 2.47 bits per heavy atom. The summed E-state index contributed by atoms with van der Waals surface area (Å²) in [5, 5.41) is 2.99. The van der Waals surface area contributed by atoms with E-state index in [1.807, 2.05) is 11.8 Å². The summed E-state index contributed by atoms with van der Waals surface area (Å²) in [5.74, 6) is 0.0342. The summed E-state index contributed by atoms with van der Waals surface area (Å²) in [6.45, 7) is 3.87. The Kier molecular flexibility index (Phi) is 3.58. The zero-order valence-corrected chi connectivity index (χ0v) is 10.1. The van der Waals surface area contributed by atoms with E-state index >= 15 is 0 Å². The van der Waals surface area contributed by atoms with Crippen LogP contribution in [0.5, 0.6) is 0 Å². The highest BCUT2D eigenvalue weighted by atomic mass is 16.5. The van der Waals surface area contributed by atoms with Crippen LogP contribution in [0.2, 0.25) is 0 Å². The summed E-state index contributed by atoms with van der Waals surface area (Å²) in [7, 11) is 1.79. The van der Waals surface area contributed by atoms with E-state index in [2.05, 4.69) is 10.3 Å². The summed E-state index contributed by atoms with van der Waals surface area (Å²) in [4.78, 5) is 18.2. The molecule has 0 bridgehead atoms. The van der Waals surface area contributed by atoms with Crippen molar-refractivity contribution >= 4 is 11.6 Å². The number of ether oxygens (including phenoxy) is 1. The molecule has 1 aliphatic heterocycles. The molecular weight excluding hydrogens is 218 g/mol. The molecular formula is C12H17N3O2. The van der Waals surface area contributed by atoms with Gasteiger partial charge in [0.2, 0.25) is 0 Å². The van der Waals surface area contributed by atoms with Gasteiger partial charge in [0, 0.05) is 26.3 Å². The number of aromatic nitrogens is 1. The maximum Gasteiger partial charge on any atom is 0.256 e. The highest BCUT2D eigenvalue weighted by molar-refractivity contribution is 5.99. The third-order valence-corrected chi connectivity index (χ3v) is 2.85. The van der Waals surface area contributed by atoms with Gasteiger partial charge in [-0.05, 0) is 13.0 Å². The molecule has 0 aliphatic carbocycles. The molecule has 92 valence electrons. The lowest BCUT2D eigenvalue weighted by atomic mass is 10.1. The van der Waals surface area contributed by atoms with Crippen molar-refractivity contribution in [3.05, 3.63) is 24.0 Å². The lowest BCUT2D eigenvalue weighted by Gasteiger charge is -2.31. The summed E-state index contributed by atoms with van der Waals surface area (Å²) in [5.41, 5.74) is 1.42. The number of morpholine rings is 1. The van der Waals surface area contributed by atoms with Gasteiger partial charge in [0.1, 0.15) is 0 Å². The monoisotopic (exact) mass is 235 g/mol. The number of rotatable bonds is 2. The van der Waals surface area contributed by atoms with Gasteiger partial charge in [-0.25, -0.2) is 0 Å². The molecule has 0 aromatic carbocycles. The molecule has 1 aromatic rings. The average molecular weight is 235 g/mol. The van der Waals surface area contributed by atoms with Gasteiger partial charge in [-0.15, -0.1) is 0 Å². The standard InChI is InChI=1S/C12H17N3O2/c1-9-8-15(5-6-17-9)12(16)10-3-4-14-7-11(10)13-2/h3-4,7,9,13H,5-6,8H2,1-2H3. The van der Waals surface area contributed by atoms with Gasteiger partial charge in [-0.2, -0.15) is 0 Å². The summed E-state index contributed by atoms with van der Waals surface area (Å²) in [6, 6.07) is 1.74. The number of nitrogens with zero attached hydrogens (tertiary/aromatic N) is 2. The molecule has 1 amide bonds. The van der Waals surface area contributed by atoms with Gasteiger partial charge in [0.05, 0.1) is 30.2 Å². The lowest BCUT2D eigenvalue weighted by Crippen LogP contribution is -2.44. The topological polar surface area (TPSA) is 54.5 Å². The first-order chi connectivity index (χ1) is 8.22. The van der Waals surface area contributed by atoms with Crippen molar-refractivity contribution in [2.45, 2.75) is 13.0 Å². The molecule has 1 fully saturated rings. The first-order valence-corrected chi connectivity index (χ1v) is 5.75. The average Bonchev–Trinajstić information content (AvgIpc) is 2.38. The molecule has 0 spiro atoms. The normalized spacial score (nSPS) is 20.1. The van der Waals surface area contributed by atoms with Gasteiger partial charge in [0.15, 0.2) is 0 Å². The number of nitrogens with one attached hydrogen (secondary N) is 1. The van der Waals surface area contributed by atoms with E-state index in [-0.39, 0.29) is 12.0 Å². The van der Waals surface area contributed by atoms with Crippen LogP contribution in [0.3, 0.4) is 0 Å². The first-order valence-electron chi connectivity index (χ1n) is 5.75. The predicted octanol–water partition coefficient (Wildman–Crippen LogP) is 0.984. The van der Waals surface area contributed by atoms with Crippen molar-refractivity contribution in [2.24, 2.45) is 0 Å². The Bertz CT molecular complexity index is 408. The van der Waals surface area contributed by atoms with E-state index in [0.717, 1.165) is 5.69 Å². The lowest BCUT2D eigenvalue weighted by molar-refractivity contribution is -0.0123. The minimum absolute atomic E-state index is 0.0342. The first kappa shape index (κ1) is 11.9. The number of hydrogen-bond donors (Lipinski definition) is 1. The van der Waals surface area contributed by atoms with E-state index < -0.39 is 0 Å². The summed E-state index contributed by atoms with van der Waals surface area (Å²) < 4.78 is 5.43. The van der Waals surface area contributed by atoms with Crippen molar-refractivity contribution in [1.29, 1.82) is 0 Å². The van der Waals surface area contributed by atoms with Gasteiger partial charge in [-0.1, -0.05) is 0 Å². The van der Waals surface area contributed by atoms with Gasteiger partial charge < -0.3 is 15.0 Å². The minimum atomic E-state index is 0.0342. The molecule has 17 heavy (non-hydrogen) atoms. The molecule has 5 heteroatoms. The molecule has 0 radical (unpaired) electrons. The van der Waals surface area contributed by atoms with Crippen molar-refractivity contribution in [2.75, 3.05) is 32.1 Å². The molecule has 2 rings (SSSR count). The SMILES string of the molecule is CNc1cnccc1C(=O)N1CCOC(C)C1. The molecule has 1 unspecified atom stereocenters. The van der Waals surface area contributed by atoms with Gasteiger partial charge in [-0.3, -0.25) is 9.78 Å². The third kappa shape index (κ3) is 2.55. The fourth-order valence-corrected chi connectivity index (χ4v) is 1.95. The van der Waals surface area contributed by atoms with Crippen molar-refractivity contribution in [3.8, 4) is 0 Å². The molecule has 0 saturated carbocycles. The molecule has 1 atom stereocenters. The van der Waals surface area contributed by atoms with Gasteiger partial charge >= 0.3 is 0 Å². The van der Waals surface area contributed by atoms with Crippen LogP contribution in [-0.2, 0) is 4.74 Å². The zero-order valence-electron chi connectivity index (χ0n) is 10.1. The van der Waals surface area contributed by atoms with E-state index in [4.69, 9.17) is 4.74 Å². The van der Waals surface area contributed by atoms with Crippen LogP contribution in [0.4, 0.5) is 5.69 Å². The van der Waals surface area contributed by atoms with Crippen LogP contribution in [0.15, 0.2) is 18.5 Å². The maximum atomic E-state index is 12.3. The Labute approximate surface area is 101 Å². The number of pyridine rings is 1. The van der Waals surface area contributed by atoms with Crippen molar-refractivity contribution < 1.29 is 9.53 Å². The summed E-state index contributed by atoms with van der Waals surface area (Å²) >= 11 is 0. The van der Waals surface area contributed by atoms with E-state index in [1.165, 1.54) is 0 Å². The Morgan fingerprint density at radius 3 is 3.18 bits per heavy atom. The molecule has 2 heterocycles. The molecule has 1 aliphatic rings. The van der Waals surface area contributed by atoms with Crippen LogP contribution in [0.1, 0.15) is 17.3 Å². The second kappa shape index (κ2) is 5.14. The van der Waals surface area contributed by atoms with E-state index in [1.54, 1.807) is 25.5 Å². The predicted molar refractivity (Wildman–Crippen MR) is 65.1 cm³/mol. The Balaban J connectivity index is 2.18. The molecule has 1 N–H and O–H groups in total. The highest BCUT2D eigenvalue weighted by Crippen LogP contribution is 2.17. The molecule has 1 saturated heterocycles. The number of carbonyl (C=O) groups is 1. The van der Waals surface area contributed by atoms with Crippen LogP contribution in [-0.4, -0.2) is 48.6 Å². The second-order valence-electron chi connectivity index (χ2n) is 4.10. The number of carbonyl (C=O) groups excluding carboxylic acids is 1. The van der Waals surface area contributed by atoms with Crippen molar-refractivity contribution in [1.82, 2.24) is 9.88 Å². The fourth-order valence-electron chi connectivity index (χ4n) is 1.95. The summed E-state index contributed by atoms with van der Waals surface area (Å²) in [6.07, 6.45) is 3.40. The highest BCUT2D eigenvalue weighted by Gasteiger charge is 2.23. The number of amides is 1. The van der Waals surface area contributed by atoms with E-state index in [9.17, 15) is 4.79 Å². The van der Waals surface area contributed by atoms with E-state index in [0.29, 0.717) is 25.3 Å². The fraction of sp³-hybridized carbons (Fsp3) is 0.500. The zero-order chi connectivity index (χ0) is 12.3. The van der Waals surface area contributed by atoms with Crippen molar-refractivity contribution in [3.63, 3.8) is 0 Å². The molecule has 5 nitrogen and oxygen atoms in total. The van der Waals surface area contributed by atoms with Crippen LogP contribution in [0, 0.1) is 0 Å². The quantitative estimate of drug-likeness (QED) is 0.830. The largest absolute Gasteiger partial charge is 0.386 e. The van der Waals surface area contributed by atoms with Crippen LogP contribution in [0.25, 0.3) is 0 Å².